The Morgan fingerprint density at radius 3 is 2.78 bits per heavy atom. The Morgan fingerprint density at radius 2 is 2.17 bits per heavy atom. The van der Waals surface area contributed by atoms with Gasteiger partial charge in [-0.15, -0.1) is 0 Å². The second kappa shape index (κ2) is 6.91. The second-order valence-electron chi connectivity index (χ2n) is 6.98. The molecule has 6 nitrogen and oxygen atoms in total. The molecule has 0 spiro atoms. The van der Waals surface area contributed by atoms with Crippen LogP contribution in [-0.4, -0.2) is 52.7 Å². The zero-order chi connectivity index (χ0) is 17.2. The summed E-state index contributed by atoms with van der Waals surface area (Å²) in [7, 11) is 1.91. The summed E-state index contributed by atoms with van der Waals surface area (Å²) in [6.45, 7) is 8.90. The lowest BCUT2D eigenvalue weighted by atomic mass is 10.2. The number of carbonyl (C=O) groups excluding carboxylic acids is 1. The van der Waals surface area contributed by atoms with Gasteiger partial charge < -0.3 is 14.5 Å². The summed E-state index contributed by atoms with van der Waals surface area (Å²) in [6, 6.07) is 1.82. The number of ether oxygens (including phenoxy) is 1. The van der Waals surface area contributed by atoms with Gasteiger partial charge in [0.2, 0.25) is 5.95 Å². The van der Waals surface area contributed by atoms with Crippen LogP contribution in [0.1, 0.15) is 39.3 Å². The first-order chi connectivity index (χ1) is 10.7. The molecule has 1 aromatic rings. The van der Waals surface area contributed by atoms with Crippen LogP contribution < -0.4 is 4.90 Å². The van der Waals surface area contributed by atoms with Crippen LogP contribution in [0.3, 0.4) is 0 Å². The van der Waals surface area contributed by atoms with E-state index in [2.05, 4.69) is 9.97 Å². The van der Waals surface area contributed by atoms with Gasteiger partial charge in [-0.3, -0.25) is 0 Å². The van der Waals surface area contributed by atoms with E-state index in [0.29, 0.717) is 17.6 Å². The van der Waals surface area contributed by atoms with Crippen molar-refractivity contribution in [1.82, 2.24) is 14.9 Å². The van der Waals surface area contributed by atoms with Crippen molar-refractivity contribution in [2.75, 3.05) is 25.0 Å². The Hall–Kier alpha value is -1.56. The first-order valence-electron chi connectivity index (χ1n) is 7.87. The van der Waals surface area contributed by atoms with Gasteiger partial charge in [0.15, 0.2) is 0 Å². The van der Waals surface area contributed by atoms with Crippen molar-refractivity contribution in [3.63, 3.8) is 0 Å². The van der Waals surface area contributed by atoms with Gasteiger partial charge in [0.25, 0.3) is 0 Å². The number of halogens is 1. The summed E-state index contributed by atoms with van der Waals surface area (Å²) >= 11 is 6.00. The van der Waals surface area contributed by atoms with E-state index >= 15 is 0 Å². The maximum absolute atomic E-state index is 12.3. The highest BCUT2D eigenvalue weighted by Crippen LogP contribution is 2.23. The van der Waals surface area contributed by atoms with Crippen molar-refractivity contribution >= 4 is 23.6 Å². The number of nitrogens with zero attached hydrogens (tertiary/aromatic N) is 4. The molecule has 7 heteroatoms. The number of rotatable bonds is 3. The van der Waals surface area contributed by atoms with E-state index in [4.69, 9.17) is 16.3 Å². The fourth-order valence-electron chi connectivity index (χ4n) is 2.67. The minimum Gasteiger partial charge on any atom is -0.444 e. The van der Waals surface area contributed by atoms with Crippen LogP contribution in [0.2, 0.25) is 5.15 Å². The van der Waals surface area contributed by atoms with Gasteiger partial charge in [-0.2, -0.15) is 0 Å². The lowest BCUT2D eigenvalue weighted by molar-refractivity contribution is 0.0231. The molecule has 1 aliphatic heterocycles. The molecular formula is C16H25ClN4O2. The molecule has 1 saturated heterocycles. The quantitative estimate of drug-likeness (QED) is 0.790. The molecule has 1 aromatic heterocycles. The Kier molecular flexibility index (Phi) is 5.34. The van der Waals surface area contributed by atoms with Crippen LogP contribution in [0.5, 0.6) is 0 Å². The molecule has 1 aliphatic rings. The number of hydrogen-bond acceptors (Lipinski definition) is 5. The van der Waals surface area contributed by atoms with Crippen LogP contribution in [-0.2, 0) is 4.74 Å². The molecule has 1 fully saturated rings. The van der Waals surface area contributed by atoms with E-state index in [1.807, 2.05) is 39.6 Å². The summed E-state index contributed by atoms with van der Waals surface area (Å²) < 4.78 is 5.49. The highest BCUT2D eigenvalue weighted by molar-refractivity contribution is 6.29. The molecule has 2 heterocycles. The maximum atomic E-state index is 12.3. The van der Waals surface area contributed by atoms with Crippen LogP contribution in [0.4, 0.5) is 10.7 Å². The van der Waals surface area contributed by atoms with Gasteiger partial charge in [0.05, 0.1) is 6.04 Å². The zero-order valence-corrected chi connectivity index (χ0v) is 15.2. The Labute approximate surface area is 142 Å². The van der Waals surface area contributed by atoms with E-state index in [9.17, 15) is 4.79 Å². The fourth-order valence-corrected chi connectivity index (χ4v) is 2.90. The van der Waals surface area contributed by atoms with Crippen LogP contribution in [0.25, 0.3) is 0 Å². The molecule has 0 N–H and O–H groups in total. The number of anilines is 1. The molecule has 1 unspecified atom stereocenters. The van der Waals surface area contributed by atoms with Crippen molar-refractivity contribution in [1.29, 1.82) is 0 Å². The average Bonchev–Trinajstić information content (AvgIpc) is 2.83. The van der Waals surface area contributed by atoms with E-state index < -0.39 is 5.60 Å². The molecule has 23 heavy (non-hydrogen) atoms. The zero-order valence-electron chi connectivity index (χ0n) is 14.5. The first-order valence-corrected chi connectivity index (χ1v) is 8.25. The molecule has 0 bridgehead atoms. The summed E-state index contributed by atoms with van der Waals surface area (Å²) in [4.78, 5) is 24.7. The number of aromatic nitrogens is 2. The fraction of sp³-hybridized carbons (Fsp3) is 0.688. The van der Waals surface area contributed by atoms with Gasteiger partial charge in [-0.05, 0) is 46.6 Å². The summed E-state index contributed by atoms with van der Waals surface area (Å²) in [5.41, 5.74) is 0.339. The molecule has 1 amide bonds. The Bertz CT molecular complexity index is 553. The number of likely N-dealkylation sites (N-methyl/N-ethyl adjacent to an activating group) is 1. The average molecular weight is 341 g/mol. The normalized spacial score (nSPS) is 18.2. The van der Waals surface area contributed by atoms with Crippen molar-refractivity contribution in [3.05, 3.63) is 16.9 Å². The third-order valence-corrected chi connectivity index (χ3v) is 3.84. The van der Waals surface area contributed by atoms with Gasteiger partial charge >= 0.3 is 6.09 Å². The van der Waals surface area contributed by atoms with E-state index in [-0.39, 0.29) is 12.1 Å². The summed E-state index contributed by atoms with van der Waals surface area (Å²) in [5, 5.41) is 0.426. The number of carbonyl (C=O) groups is 1. The van der Waals surface area contributed by atoms with E-state index in [0.717, 1.165) is 25.1 Å². The van der Waals surface area contributed by atoms with E-state index in [1.54, 1.807) is 11.0 Å². The topological polar surface area (TPSA) is 58.6 Å². The lowest BCUT2D eigenvalue weighted by Crippen LogP contribution is -2.44. The highest BCUT2D eigenvalue weighted by atomic mass is 35.5. The van der Waals surface area contributed by atoms with Crippen molar-refractivity contribution in [2.45, 2.75) is 52.2 Å². The number of amides is 1. The smallest absolute Gasteiger partial charge is 0.410 e. The predicted octanol–water partition coefficient (Wildman–Crippen LogP) is 3.27. The van der Waals surface area contributed by atoms with Crippen LogP contribution in [0.15, 0.2) is 6.07 Å². The maximum Gasteiger partial charge on any atom is 0.410 e. The SMILES string of the molecule is Cc1cc(Cl)nc(N(C)CC2CCCN2C(=O)OC(C)(C)C)n1. The standard InChI is InChI=1S/C16H25ClN4O2/c1-11-9-13(17)19-14(18-11)20(5)10-12-7-6-8-21(12)15(22)23-16(2,3)4/h9,12H,6-8,10H2,1-5H3. The molecule has 2 rings (SSSR count). The van der Waals surface area contributed by atoms with Gasteiger partial charge in [0.1, 0.15) is 10.8 Å². The molecular weight excluding hydrogens is 316 g/mol. The van der Waals surface area contributed by atoms with Crippen molar-refractivity contribution in [3.8, 4) is 0 Å². The molecule has 1 atom stereocenters. The monoisotopic (exact) mass is 340 g/mol. The van der Waals surface area contributed by atoms with Gasteiger partial charge in [0, 0.05) is 25.8 Å². The summed E-state index contributed by atoms with van der Waals surface area (Å²) in [6.07, 6.45) is 1.67. The largest absolute Gasteiger partial charge is 0.444 e. The summed E-state index contributed by atoms with van der Waals surface area (Å²) in [5.74, 6) is 0.575. The van der Waals surface area contributed by atoms with Crippen molar-refractivity contribution in [2.24, 2.45) is 0 Å². The third-order valence-electron chi connectivity index (χ3n) is 3.64. The van der Waals surface area contributed by atoms with Crippen LogP contribution in [0, 0.1) is 6.92 Å². The molecule has 128 valence electrons. The Balaban J connectivity index is 2.04. The first kappa shape index (κ1) is 17.8. The highest BCUT2D eigenvalue weighted by Gasteiger charge is 2.33. The van der Waals surface area contributed by atoms with E-state index in [1.165, 1.54) is 0 Å². The number of aryl methyl sites for hydroxylation is 1. The molecule has 0 saturated carbocycles. The second-order valence-corrected chi connectivity index (χ2v) is 7.37. The van der Waals surface area contributed by atoms with Gasteiger partial charge in [-0.1, -0.05) is 11.6 Å². The number of likely N-dealkylation sites (tertiary alicyclic amines) is 1. The molecule has 0 aromatic carbocycles. The van der Waals surface area contributed by atoms with Crippen LogP contribution >= 0.6 is 11.6 Å². The molecule has 0 aliphatic carbocycles. The minimum absolute atomic E-state index is 0.0951. The number of hydrogen-bond donors (Lipinski definition) is 0. The minimum atomic E-state index is -0.483. The van der Waals surface area contributed by atoms with Gasteiger partial charge in [-0.25, -0.2) is 14.8 Å². The lowest BCUT2D eigenvalue weighted by Gasteiger charge is -2.31. The van der Waals surface area contributed by atoms with Crippen molar-refractivity contribution < 1.29 is 9.53 Å². The third kappa shape index (κ3) is 4.96. The molecule has 0 radical (unpaired) electrons. The Morgan fingerprint density at radius 1 is 1.48 bits per heavy atom. The predicted molar refractivity (Wildman–Crippen MR) is 91.0 cm³/mol.